The quantitative estimate of drug-likeness (QED) is 0.791. The van der Waals surface area contributed by atoms with Gasteiger partial charge in [-0.15, -0.1) is 0 Å². The maximum atomic E-state index is 11.8. The van der Waals surface area contributed by atoms with Crippen molar-refractivity contribution in [1.29, 1.82) is 0 Å². The first kappa shape index (κ1) is 14.7. The van der Waals surface area contributed by atoms with Gasteiger partial charge in [-0.05, 0) is 44.5 Å². The highest BCUT2D eigenvalue weighted by Crippen LogP contribution is 2.14. The summed E-state index contributed by atoms with van der Waals surface area (Å²) in [4.78, 5) is 0. The van der Waals surface area contributed by atoms with Crippen LogP contribution in [-0.4, -0.2) is 19.7 Å². The second-order valence-electron chi connectivity index (χ2n) is 4.83. The van der Waals surface area contributed by atoms with Gasteiger partial charge in [0.2, 0.25) is 0 Å². The van der Waals surface area contributed by atoms with Crippen molar-refractivity contribution >= 4 is 10.8 Å². The molecule has 1 aromatic heterocycles. The normalized spacial score (nSPS) is 12.9. The molecule has 0 aliphatic carbocycles. The van der Waals surface area contributed by atoms with Gasteiger partial charge in [0.25, 0.3) is 0 Å². The monoisotopic (exact) mass is 288 g/mol. The first-order valence-corrected chi connectivity index (χ1v) is 8.17. The van der Waals surface area contributed by atoms with Gasteiger partial charge < -0.3 is 0 Å². The van der Waals surface area contributed by atoms with Crippen molar-refractivity contribution in [1.82, 2.24) is 9.78 Å². The summed E-state index contributed by atoms with van der Waals surface area (Å²) in [5, 5.41) is 4.46. The summed E-state index contributed by atoms with van der Waals surface area (Å²) in [5.41, 5.74) is 4.27. The maximum absolute atomic E-state index is 11.8. The highest BCUT2D eigenvalue weighted by Gasteiger charge is 2.04. The lowest BCUT2D eigenvalue weighted by Crippen LogP contribution is -2.01. The van der Waals surface area contributed by atoms with Crippen molar-refractivity contribution in [3.8, 4) is 5.69 Å². The zero-order valence-electron chi connectivity index (χ0n) is 12.2. The number of nitrogens with zero attached hydrogens (tertiary/aromatic N) is 2. The zero-order valence-corrected chi connectivity index (χ0v) is 13.0. The van der Waals surface area contributed by atoms with Gasteiger partial charge >= 0.3 is 0 Å². The minimum Gasteiger partial charge on any atom is -0.259 e. The van der Waals surface area contributed by atoms with Crippen LogP contribution in [0.15, 0.2) is 42.5 Å². The molecule has 2 aromatic rings. The molecule has 4 heteroatoms. The second kappa shape index (κ2) is 6.66. The smallest absolute Gasteiger partial charge is 0.0648 e. The number of hydrogen-bond donors (Lipinski definition) is 0. The lowest BCUT2D eigenvalue weighted by Gasteiger charge is -2.06. The topological polar surface area (TPSA) is 34.9 Å². The van der Waals surface area contributed by atoms with Crippen LogP contribution in [0.4, 0.5) is 0 Å². The zero-order chi connectivity index (χ0) is 14.5. The first-order valence-electron chi connectivity index (χ1n) is 6.69. The molecule has 0 radical (unpaired) electrons. The molecule has 1 aromatic carbocycles. The van der Waals surface area contributed by atoms with E-state index in [1.165, 1.54) is 0 Å². The van der Waals surface area contributed by atoms with E-state index in [1.54, 1.807) is 0 Å². The molecule has 0 aliphatic heterocycles. The molecule has 0 amide bonds. The van der Waals surface area contributed by atoms with E-state index < -0.39 is 10.8 Å². The fourth-order valence-corrected chi connectivity index (χ4v) is 3.16. The van der Waals surface area contributed by atoms with Gasteiger partial charge in [0.05, 0.1) is 11.4 Å². The predicted octanol–water partition coefficient (Wildman–Crippen LogP) is 3.31. The Bertz CT molecular complexity index is 626. The van der Waals surface area contributed by atoms with E-state index in [1.807, 2.05) is 61.9 Å². The number of rotatable bonds is 5. The highest BCUT2D eigenvalue weighted by molar-refractivity contribution is 7.84. The molecule has 3 nitrogen and oxygen atoms in total. The summed E-state index contributed by atoms with van der Waals surface area (Å²) in [6.07, 6.45) is 3.88. The SMILES string of the molecule is CC=CCS(=O)Cc1ccc(-n2nc(C)cc2C)cc1. The van der Waals surface area contributed by atoms with Gasteiger partial charge in [-0.3, -0.25) is 4.21 Å². The number of hydrogen-bond acceptors (Lipinski definition) is 2. The highest BCUT2D eigenvalue weighted by atomic mass is 32.2. The van der Waals surface area contributed by atoms with Crippen molar-refractivity contribution in [3.05, 3.63) is 59.4 Å². The number of aryl methyl sites for hydroxylation is 2. The molecular weight excluding hydrogens is 268 g/mol. The van der Waals surface area contributed by atoms with E-state index in [4.69, 9.17) is 0 Å². The molecular formula is C16H20N2OS. The van der Waals surface area contributed by atoms with Gasteiger partial charge in [0, 0.05) is 28.0 Å². The maximum Gasteiger partial charge on any atom is 0.0648 e. The van der Waals surface area contributed by atoms with Gasteiger partial charge in [-0.2, -0.15) is 5.10 Å². The summed E-state index contributed by atoms with van der Waals surface area (Å²) in [6.45, 7) is 5.97. The number of aromatic nitrogens is 2. The van der Waals surface area contributed by atoms with Gasteiger partial charge in [0.15, 0.2) is 0 Å². The summed E-state index contributed by atoms with van der Waals surface area (Å²) in [6, 6.07) is 10.2. The fourth-order valence-electron chi connectivity index (χ4n) is 2.07. The second-order valence-corrected chi connectivity index (χ2v) is 6.33. The average Bonchev–Trinajstić information content (AvgIpc) is 2.76. The first-order chi connectivity index (χ1) is 9.60. The van der Waals surface area contributed by atoms with E-state index in [0.29, 0.717) is 11.5 Å². The molecule has 0 N–H and O–H groups in total. The third-order valence-electron chi connectivity index (χ3n) is 3.04. The number of benzene rings is 1. The van der Waals surface area contributed by atoms with E-state index in [9.17, 15) is 4.21 Å². The Hall–Kier alpha value is -1.68. The third kappa shape index (κ3) is 3.67. The molecule has 1 unspecified atom stereocenters. The van der Waals surface area contributed by atoms with Crippen LogP contribution in [0.1, 0.15) is 23.9 Å². The Morgan fingerprint density at radius 1 is 1.25 bits per heavy atom. The molecule has 0 spiro atoms. The Labute approximate surface area is 122 Å². The van der Waals surface area contributed by atoms with Crippen LogP contribution >= 0.6 is 0 Å². The Morgan fingerprint density at radius 3 is 2.50 bits per heavy atom. The minimum absolute atomic E-state index is 0.599. The Morgan fingerprint density at radius 2 is 1.95 bits per heavy atom. The largest absolute Gasteiger partial charge is 0.259 e. The van der Waals surface area contributed by atoms with E-state index in [2.05, 4.69) is 11.2 Å². The molecule has 0 bridgehead atoms. The van der Waals surface area contributed by atoms with Crippen molar-refractivity contribution in [2.75, 3.05) is 5.75 Å². The molecule has 20 heavy (non-hydrogen) atoms. The van der Waals surface area contributed by atoms with Crippen molar-refractivity contribution in [3.63, 3.8) is 0 Å². The van der Waals surface area contributed by atoms with Crippen molar-refractivity contribution in [2.45, 2.75) is 26.5 Å². The van der Waals surface area contributed by atoms with E-state index >= 15 is 0 Å². The molecule has 2 rings (SSSR count). The lowest BCUT2D eigenvalue weighted by atomic mass is 10.2. The van der Waals surface area contributed by atoms with Crippen LogP contribution < -0.4 is 0 Å². The molecule has 0 aliphatic rings. The minimum atomic E-state index is -0.831. The van der Waals surface area contributed by atoms with Crippen LogP contribution in [0.2, 0.25) is 0 Å². The Kier molecular flexibility index (Phi) is 4.90. The third-order valence-corrected chi connectivity index (χ3v) is 4.26. The molecule has 1 atom stereocenters. The number of allylic oxidation sites excluding steroid dienone is 1. The van der Waals surface area contributed by atoms with Gasteiger partial charge in [0.1, 0.15) is 0 Å². The van der Waals surface area contributed by atoms with Crippen molar-refractivity contribution < 1.29 is 4.21 Å². The average molecular weight is 288 g/mol. The standard InChI is InChI=1S/C16H20N2OS/c1-4-5-10-20(19)12-15-6-8-16(9-7-15)18-14(3)11-13(2)17-18/h4-9,11H,10,12H2,1-3H3. The molecule has 0 saturated carbocycles. The summed E-state index contributed by atoms with van der Waals surface area (Å²) in [5.74, 6) is 1.22. The van der Waals surface area contributed by atoms with E-state index in [-0.39, 0.29) is 0 Å². The molecule has 1 heterocycles. The predicted molar refractivity (Wildman–Crippen MR) is 84.6 cm³/mol. The molecule has 0 fully saturated rings. The Balaban J connectivity index is 2.10. The van der Waals surface area contributed by atoms with E-state index in [0.717, 1.165) is 22.6 Å². The van der Waals surface area contributed by atoms with Crippen molar-refractivity contribution in [2.24, 2.45) is 0 Å². The van der Waals surface area contributed by atoms with Crippen LogP contribution in [-0.2, 0) is 16.6 Å². The van der Waals surface area contributed by atoms with Gasteiger partial charge in [-0.1, -0.05) is 24.3 Å². The van der Waals surface area contributed by atoms with Crippen LogP contribution in [0.25, 0.3) is 5.69 Å². The summed E-state index contributed by atoms with van der Waals surface area (Å²) >= 11 is 0. The molecule has 0 saturated heterocycles. The summed E-state index contributed by atoms with van der Waals surface area (Å²) in [7, 11) is -0.831. The molecule has 106 valence electrons. The van der Waals surface area contributed by atoms with Crippen LogP contribution in [0.3, 0.4) is 0 Å². The van der Waals surface area contributed by atoms with Gasteiger partial charge in [-0.25, -0.2) is 4.68 Å². The summed E-state index contributed by atoms with van der Waals surface area (Å²) < 4.78 is 13.8. The fraction of sp³-hybridized carbons (Fsp3) is 0.312. The lowest BCUT2D eigenvalue weighted by molar-refractivity contribution is 0.684. The van der Waals surface area contributed by atoms with Crippen LogP contribution in [0, 0.1) is 13.8 Å². The van der Waals surface area contributed by atoms with Crippen LogP contribution in [0.5, 0.6) is 0 Å².